The summed E-state index contributed by atoms with van der Waals surface area (Å²) in [5, 5.41) is 5.37. The second kappa shape index (κ2) is 5.75. The van der Waals surface area contributed by atoms with Crippen molar-refractivity contribution in [1.29, 1.82) is 0 Å². The first-order valence-corrected chi connectivity index (χ1v) is 5.31. The molecular formula is C10H18N2O2. The number of hydrogen-bond acceptors (Lipinski definition) is 3. The lowest BCUT2D eigenvalue weighted by Crippen LogP contribution is -2.36. The van der Waals surface area contributed by atoms with Crippen molar-refractivity contribution in [3.8, 4) is 0 Å². The summed E-state index contributed by atoms with van der Waals surface area (Å²) >= 11 is 0. The zero-order valence-corrected chi connectivity index (χ0v) is 8.64. The van der Waals surface area contributed by atoms with Gasteiger partial charge in [0.2, 0.25) is 11.8 Å². The van der Waals surface area contributed by atoms with Crippen LogP contribution in [-0.4, -0.2) is 24.4 Å². The highest BCUT2D eigenvalue weighted by atomic mass is 16.2. The summed E-state index contributed by atoms with van der Waals surface area (Å²) in [6, 6.07) is -0.288. The molecular weight excluding hydrogens is 180 g/mol. The molecule has 1 atom stereocenters. The minimum Gasteiger partial charge on any atom is -0.305 e. The maximum absolute atomic E-state index is 11.1. The van der Waals surface area contributed by atoms with E-state index in [1.807, 2.05) is 0 Å². The number of hydrogen-bond donors (Lipinski definition) is 2. The van der Waals surface area contributed by atoms with E-state index in [0.29, 0.717) is 6.42 Å². The predicted octanol–water partition coefficient (Wildman–Crippen LogP) is 0.571. The number of imide groups is 1. The van der Waals surface area contributed by atoms with E-state index in [1.165, 1.54) is 19.3 Å². The molecule has 1 aliphatic heterocycles. The average molecular weight is 198 g/mol. The third-order valence-electron chi connectivity index (χ3n) is 2.39. The minimum absolute atomic E-state index is 0.166. The Balaban J connectivity index is 2.07. The minimum atomic E-state index is -0.288. The van der Waals surface area contributed by atoms with Crippen molar-refractivity contribution in [2.45, 2.75) is 45.1 Å². The van der Waals surface area contributed by atoms with Crippen molar-refractivity contribution in [2.75, 3.05) is 6.54 Å². The molecule has 1 rings (SSSR count). The number of carbonyl (C=O) groups is 2. The molecule has 0 bridgehead atoms. The van der Waals surface area contributed by atoms with Crippen LogP contribution in [0.15, 0.2) is 0 Å². The molecule has 2 N–H and O–H groups in total. The first-order chi connectivity index (χ1) is 6.74. The summed E-state index contributed by atoms with van der Waals surface area (Å²) in [5.74, 6) is -0.341. The standard InChI is InChI=1S/C10H18N2O2/c1-2-3-4-5-6-11-8-7-9(13)12-10(8)14/h8,11H,2-7H2,1H3,(H,12,13,14). The van der Waals surface area contributed by atoms with Gasteiger partial charge in [0.15, 0.2) is 0 Å². The van der Waals surface area contributed by atoms with Crippen LogP contribution < -0.4 is 10.6 Å². The Bertz CT molecular complexity index is 216. The summed E-state index contributed by atoms with van der Waals surface area (Å²) in [6.45, 7) is 2.99. The van der Waals surface area contributed by atoms with Crippen LogP contribution in [-0.2, 0) is 9.59 Å². The molecule has 4 heteroatoms. The fourth-order valence-corrected chi connectivity index (χ4v) is 1.55. The molecule has 0 aromatic heterocycles. The smallest absolute Gasteiger partial charge is 0.244 e. The van der Waals surface area contributed by atoms with E-state index in [9.17, 15) is 9.59 Å². The normalized spacial score (nSPS) is 21.4. The fraction of sp³-hybridized carbons (Fsp3) is 0.800. The van der Waals surface area contributed by atoms with E-state index < -0.39 is 0 Å². The van der Waals surface area contributed by atoms with Gasteiger partial charge in [-0.25, -0.2) is 0 Å². The predicted molar refractivity (Wildman–Crippen MR) is 53.7 cm³/mol. The zero-order valence-electron chi connectivity index (χ0n) is 8.64. The first-order valence-electron chi connectivity index (χ1n) is 5.31. The van der Waals surface area contributed by atoms with Gasteiger partial charge in [0, 0.05) is 0 Å². The average Bonchev–Trinajstić information content (AvgIpc) is 2.45. The first kappa shape index (κ1) is 11.2. The lowest BCUT2D eigenvalue weighted by atomic mass is 10.2. The second-order valence-corrected chi connectivity index (χ2v) is 3.68. The van der Waals surface area contributed by atoms with Crippen LogP contribution in [0.1, 0.15) is 39.0 Å². The molecule has 0 radical (unpaired) electrons. The van der Waals surface area contributed by atoms with E-state index in [2.05, 4.69) is 17.6 Å². The van der Waals surface area contributed by atoms with Gasteiger partial charge >= 0.3 is 0 Å². The molecule has 1 unspecified atom stereocenters. The van der Waals surface area contributed by atoms with Gasteiger partial charge in [-0.05, 0) is 13.0 Å². The molecule has 0 aromatic carbocycles. The Morgan fingerprint density at radius 2 is 2.14 bits per heavy atom. The summed E-state index contributed by atoms with van der Waals surface area (Å²) in [4.78, 5) is 21.9. The van der Waals surface area contributed by atoms with Crippen LogP contribution in [0.2, 0.25) is 0 Å². The quantitative estimate of drug-likeness (QED) is 0.484. The third-order valence-corrected chi connectivity index (χ3v) is 2.39. The van der Waals surface area contributed by atoms with Crippen molar-refractivity contribution < 1.29 is 9.59 Å². The molecule has 0 aliphatic carbocycles. The van der Waals surface area contributed by atoms with E-state index in [4.69, 9.17) is 0 Å². The van der Waals surface area contributed by atoms with E-state index in [1.54, 1.807) is 0 Å². The maximum Gasteiger partial charge on any atom is 0.244 e. The highest BCUT2D eigenvalue weighted by molar-refractivity contribution is 6.05. The highest BCUT2D eigenvalue weighted by Gasteiger charge is 2.29. The topological polar surface area (TPSA) is 58.2 Å². The Morgan fingerprint density at radius 3 is 2.71 bits per heavy atom. The SMILES string of the molecule is CCCCCCNC1CC(=O)NC1=O. The molecule has 1 heterocycles. The number of nitrogens with one attached hydrogen (secondary N) is 2. The Hall–Kier alpha value is -0.900. The van der Waals surface area contributed by atoms with E-state index in [0.717, 1.165) is 13.0 Å². The van der Waals surface area contributed by atoms with Gasteiger partial charge in [0.1, 0.15) is 0 Å². The summed E-state index contributed by atoms with van der Waals surface area (Å²) in [5.41, 5.74) is 0. The lowest BCUT2D eigenvalue weighted by Gasteiger charge is -2.07. The van der Waals surface area contributed by atoms with Gasteiger partial charge in [0.25, 0.3) is 0 Å². The molecule has 14 heavy (non-hydrogen) atoms. The van der Waals surface area contributed by atoms with E-state index >= 15 is 0 Å². The lowest BCUT2D eigenvalue weighted by molar-refractivity contribution is -0.125. The van der Waals surface area contributed by atoms with E-state index in [-0.39, 0.29) is 17.9 Å². The molecule has 1 saturated heterocycles. The number of amides is 2. The van der Waals surface area contributed by atoms with Gasteiger partial charge in [-0.15, -0.1) is 0 Å². The van der Waals surface area contributed by atoms with Crippen LogP contribution in [0.3, 0.4) is 0 Å². The molecule has 0 spiro atoms. The summed E-state index contributed by atoms with van der Waals surface area (Å²) in [7, 11) is 0. The molecule has 2 amide bonds. The summed E-state index contributed by atoms with van der Waals surface area (Å²) in [6.07, 6.45) is 5.00. The molecule has 4 nitrogen and oxygen atoms in total. The van der Waals surface area contributed by atoms with Gasteiger partial charge in [0.05, 0.1) is 12.5 Å². The van der Waals surface area contributed by atoms with Crippen molar-refractivity contribution >= 4 is 11.8 Å². The van der Waals surface area contributed by atoms with Crippen LogP contribution in [0, 0.1) is 0 Å². The van der Waals surface area contributed by atoms with Crippen molar-refractivity contribution in [2.24, 2.45) is 0 Å². The number of unbranched alkanes of at least 4 members (excludes halogenated alkanes) is 3. The largest absolute Gasteiger partial charge is 0.305 e. The Labute approximate surface area is 84.4 Å². The number of carbonyl (C=O) groups excluding carboxylic acids is 2. The van der Waals surface area contributed by atoms with Gasteiger partial charge in [-0.1, -0.05) is 26.2 Å². The van der Waals surface area contributed by atoms with Gasteiger partial charge in [-0.3, -0.25) is 14.9 Å². The van der Waals surface area contributed by atoms with Gasteiger partial charge in [-0.2, -0.15) is 0 Å². The molecule has 0 aromatic rings. The van der Waals surface area contributed by atoms with Crippen LogP contribution in [0.25, 0.3) is 0 Å². The van der Waals surface area contributed by atoms with Crippen LogP contribution >= 0.6 is 0 Å². The van der Waals surface area contributed by atoms with Crippen LogP contribution in [0.4, 0.5) is 0 Å². The molecule has 1 fully saturated rings. The molecule has 80 valence electrons. The molecule has 0 saturated carbocycles. The summed E-state index contributed by atoms with van der Waals surface area (Å²) < 4.78 is 0. The van der Waals surface area contributed by atoms with Crippen molar-refractivity contribution in [3.05, 3.63) is 0 Å². The Kier molecular flexibility index (Phi) is 4.59. The van der Waals surface area contributed by atoms with Crippen molar-refractivity contribution in [1.82, 2.24) is 10.6 Å². The second-order valence-electron chi connectivity index (χ2n) is 3.68. The highest BCUT2D eigenvalue weighted by Crippen LogP contribution is 2.02. The fourth-order valence-electron chi connectivity index (χ4n) is 1.55. The van der Waals surface area contributed by atoms with Crippen molar-refractivity contribution in [3.63, 3.8) is 0 Å². The molecule has 1 aliphatic rings. The maximum atomic E-state index is 11.1. The third kappa shape index (κ3) is 3.46. The van der Waals surface area contributed by atoms with Crippen LogP contribution in [0.5, 0.6) is 0 Å². The number of rotatable bonds is 6. The Morgan fingerprint density at radius 1 is 1.36 bits per heavy atom. The zero-order chi connectivity index (χ0) is 10.4. The van der Waals surface area contributed by atoms with Gasteiger partial charge < -0.3 is 5.32 Å². The monoisotopic (exact) mass is 198 g/mol.